The van der Waals surface area contributed by atoms with Crippen LogP contribution < -0.4 is 5.32 Å². The van der Waals surface area contributed by atoms with Gasteiger partial charge in [0.2, 0.25) is 5.13 Å². The molecule has 2 heterocycles. The van der Waals surface area contributed by atoms with Gasteiger partial charge >= 0.3 is 0 Å². The number of hydrogen-bond donors (Lipinski definition) is 1. The fraction of sp³-hybridized carbons (Fsp3) is 0.267. The molecule has 0 aliphatic heterocycles. The van der Waals surface area contributed by atoms with E-state index in [4.69, 9.17) is 4.98 Å². The molecule has 1 aliphatic rings. The molecule has 0 bridgehead atoms. The highest BCUT2D eigenvalue weighted by Crippen LogP contribution is 2.38. The molecule has 4 nitrogen and oxygen atoms in total. The SMILES string of the molecule is CNc1nnc(-c2c3c(nc4ccccc24)CCC3)s1. The molecule has 20 heavy (non-hydrogen) atoms. The van der Waals surface area contributed by atoms with E-state index in [-0.39, 0.29) is 0 Å². The number of rotatable bonds is 2. The van der Waals surface area contributed by atoms with Crippen LogP contribution in [0.1, 0.15) is 17.7 Å². The highest BCUT2D eigenvalue weighted by molar-refractivity contribution is 7.18. The first-order valence-corrected chi connectivity index (χ1v) is 7.60. The van der Waals surface area contributed by atoms with E-state index in [1.807, 2.05) is 13.1 Å². The number of aromatic nitrogens is 3. The van der Waals surface area contributed by atoms with Crippen molar-refractivity contribution in [3.05, 3.63) is 35.5 Å². The molecule has 0 spiro atoms. The van der Waals surface area contributed by atoms with Crippen LogP contribution in [0.3, 0.4) is 0 Å². The first kappa shape index (κ1) is 11.8. The second kappa shape index (κ2) is 4.52. The first-order chi connectivity index (χ1) is 9.86. The predicted molar refractivity (Wildman–Crippen MR) is 82.2 cm³/mol. The number of pyridine rings is 1. The highest BCUT2D eigenvalue weighted by atomic mass is 32.1. The van der Waals surface area contributed by atoms with Gasteiger partial charge < -0.3 is 5.32 Å². The van der Waals surface area contributed by atoms with Crippen molar-refractivity contribution in [1.82, 2.24) is 15.2 Å². The summed E-state index contributed by atoms with van der Waals surface area (Å²) in [6, 6.07) is 8.32. The fourth-order valence-corrected chi connectivity index (χ4v) is 3.66. The van der Waals surface area contributed by atoms with Gasteiger partial charge in [0.15, 0.2) is 5.01 Å². The zero-order chi connectivity index (χ0) is 13.5. The first-order valence-electron chi connectivity index (χ1n) is 6.79. The summed E-state index contributed by atoms with van der Waals surface area (Å²) in [5.41, 5.74) is 4.90. The van der Waals surface area contributed by atoms with Crippen molar-refractivity contribution < 1.29 is 0 Å². The second-order valence-corrected chi connectivity index (χ2v) is 5.92. The molecule has 0 fully saturated rings. The van der Waals surface area contributed by atoms with Crippen LogP contribution in [0.2, 0.25) is 0 Å². The highest BCUT2D eigenvalue weighted by Gasteiger charge is 2.22. The Balaban J connectivity index is 2.05. The number of nitrogens with one attached hydrogen (secondary N) is 1. The van der Waals surface area contributed by atoms with E-state index in [9.17, 15) is 0 Å². The molecule has 4 rings (SSSR count). The molecule has 0 saturated heterocycles. The van der Waals surface area contributed by atoms with E-state index >= 15 is 0 Å². The van der Waals surface area contributed by atoms with Gasteiger partial charge in [-0.15, -0.1) is 10.2 Å². The van der Waals surface area contributed by atoms with Crippen molar-refractivity contribution >= 4 is 27.4 Å². The molecular weight excluding hydrogens is 268 g/mol. The smallest absolute Gasteiger partial charge is 0.205 e. The summed E-state index contributed by atoms with van der Waals surface area (Å²) in [5, 5.41) is 14.6. The molecule has 0 amide bonds. The lowest BCUT2D eigenvalue weighted by Crippen LogP contribution is -1.95. The minimum absolute atomic E-state index is 0.854. The van der Waals surface area contributed by atoms with Crippen LogP contribution in [0.5, 0.6) is 0 Å². The van der Waals surface area contributed by atoms with Crippen molar-refractivity contribution in [3.63, 3.8) is 0 Å². The molecule has 1 aliphatic carbocycles. The van der Waals surface area contributed by atoms with Crippen LogP contribution in [-0.2, 0) is 12.8 Å². The molecule has 0 atom stereocenters. The minimum atomic E-state index is 0.854. The van der Waals surface area contributed by atoms with E-state index in [0.29, 0.717) is 0 Å². The molecule has 5 heteroatoms. The third kappa shape index (κ3) is 1.70. The summed E-state index contributed by atoms with van der Waals surface area (Å²) in [5.74, 6) is 0. The van der Waals surface area contributed by atoms with Gasteiger partial charge in [0.25, 0.3) is 0 Å². The quantitative estimate of drug-likeness (QED) is 0.783. The van der Waals surface area contributed by atoms with Crippen molar-refractivity contribution in [2.45, 2.75) is 19.3 Å². The third-order valence-corrected chi connectivity index (χ3v) is 4.73. The van der Waals surface area contributed by atoms with Gasteiger partial charge in [0.05, 0.1) is 5.52 Å². The van der Waals surface area contributed by atoms with E-state index in [2.05, 4.69) is 33.7 Å². The summed E-state index contributed by atoms with van der Waals surface area (Å²) in [6.07, 6.45) is 3.35. The monoisotopic (exact) mass is 282 g/mol. The van der Waals surface area contributed by atoms with Crippen molar-refractivity contribution in [2.24, 2.45) is 0 Å². The Morgan fingerprint density at radius 2 is 2.05 bits per heavy atom. The Bertz CT molecular complexity index is 794. The molecule has 1 N–H and O–H groups in total. The number of benzene rings is 1. The Hall–Kier alpha value is -2.01. The van der Waals surface area contributed by atoms with E-state index < -0.39 is 0 Å². The summed E-state index contributed by atoms with van der Waals surface area (Å²) in [4.78, 5) is 4.81. The second-order valence-electron chi connectivity index (χ2n) is 4.95. The topological polar surface area (TPSA) is 50.7 Å². The summed E-state index contributed by atoms with van der Waals surface area (Å²) >= 11 is 1.61. The normalized spacial score (nSPS) is 13.7. The number of para-hydroxylation sites is 1. The molecule has 0 unspecified atom stereocenters. The Morgan fingerprint density at radius 3 is 2.90 bits per heavy atom. The maximum atomic E-state index is 4.81. The lowest BCUT2D eigenvalue weighted by molar-refractivity contribution is 0.901. The zero-order valence-electron chi connectivity index (χ0n) is 11.2. The van der Waals surface area contributed by atoms with Crippen LogP contribution in [0.15, 0.2) is 24.3 Å². The lowest BCUT2D eigenvalue weighted by atomic mass is 10.0. The third-order valence-electron chi connectivity index (χ3n) is 3.77. The summed E-state index contributed by atoms with van der Waals surface area (Å²) in [7, 11) is 1.87. The van der Waals surface area contributed by atoms with Gasteiger partial charge in [0, 0.05) is 23.7 Å². The van der Waals surface area contributed by atoms with Crippen LogP contribution in [0.4, 0.5) is 5.13 Å². The van der Waals surface area contributed by atoms with Crippen molar-refractivity contribution in [2.75, 3.05) is 12.4 Å². The predicted octanol–water partition coefficient (Wildman–Crippen LogP) is 3.28. The average Bonchev–Trinajstić information content (AvgIpc) is 3.13. The molecule has 2 aromatic heterocycles. The van der Waals surface area contributed by atoms with Crippen LogP contribution >= 0.6 is 11.3 Å². The molecular formula is C15H14N4S. The van der Waals surface area contributed by atoms with Gasteiger partial charge in [-0.25, -0.2) is 0 Å². The van der Waals surface area contributed by atoms with Gasteiger partial charge in [-0.2, -0.15) is 0 Å². The van der Waals surface area contributed by atoms with E-state index in [1.165, 1.54) is 28.6 Å². The van der Waals surface area contributed by atoms with Crippen LogP contribution in [0.25, 0.3) is 21.5 Å². The van der Waals surface area contributed by atoms with Crippen molar-refractivity contribution in [1.29, 1.82) is 0 Å². The molecule has 3 aromatic rings. The maximum absolute atomic E-state index is 4.81. The van der Waals surface area contributed by atoms with Gasteiger partial charge in [-0.05, 0) is 30.9 Å². The number of aryl methyl sites for hydroxylation is 1. The van der Waals surface area contributed by atoms with E-state index in [0.717, 1.165) is 28.5 Å². The Morgan fingerprint density at radius 1 is 1.15 bits per heavy atom. The largest absolute Gasteiger partial charge is 0.363 e. The summed E-state index contributed by atoms with van der Waals surface area (Å²) < 4.78 is 0. The van der Waals surface area contributed by atoms with Gasteiger partial charge in [0.1, 0.15) is 0 Å². The van der Waals surface area contributed by atoms with Crippen LogP contribution in [-0.4, -0.2) is 22.2 Å². The van der Waals surface area contributed by atoms with E-state index in [1.54, 1.807) is 11.3 Å². The van der Waals surface area contributed by atoms with Gasteiger partial charge in [-0.1, -0.05) is 29.5 Å². The number of fused-ring (bicyclic) bond motifs is 2. The Kier molecular flexibility index (Phi) is 2.67. The fourth-order valence-electron chi connectivity index (χ4n) is 2.88. The van der Waals surface area contributed by atoms with Crippen LogP contribution in [0, 0.1) is 0 Å². The number of nitrogens with zero attached hydrogens (tertiary/aromatic N) is 3. The minimum Gasteiger partial charge on any atom is -0.363 e. The lowest BCUT2D eigenvalue weighted by Gasteiger charge is -2.09. The zero-order valence-corrected chi connectivity index (χ0v) is 12.0. The molecule has 0 radical (unpaired) electrons. The maximum Gasteiger partial charge on any atom is 0.205 e. The van der Waals surface area contributed by atoms with Crippen molar-refractivity contribution in [3.8, 4) is 10.6 Å². The Labute approximate surface area is 120 Å². The molecule has 1 aromatic carbocycles. The summed E-state index contributed by atoms with van der Waals surface area (Å²) in [6.45, 7) is 0. The van der Waals surface area contributed by atoms with Gasteiger partial charge in [-0.3, -0.25) is 4.98 Å². The number of hydrogen-bond acceptors (Lipinski definition) is 5. The molecule has 0 saturated carbocycles. The number of anilines is 1. The average molecular weight is 282 g/mol. The molecule has 100 valence electrons. The standard InChI is InChI=1S/C15H14N4S/c1-16-15-19-18-14(20-15)13-9-5-2-3-7-11(9)17-12-8-4-6-10(12)13/h2-3,5,7H,4,6,8H2,1H3,(H,16,19).